The Morgan fingerprint density at radius 2 is 2.17 bits per heavy atom. The molecule has 0 saturated carbocycles. The molecule has 1 aliphatic heterocycles. The maximum Gasteiger partial charge on any atom is 0.324 e. The number of likely N-dealkylation sites (tertiary alicyclic amines) is 1. The lowest BCUT2D eigenvalue weighted by Gasteiger charge is -2.31. The first-order valence-corrected chi connectivity index (χ1v) is 7.94. The van der Waals surface area contributed by atoms with Gasteiger partial charge in [0.05, 0.1) is 0 Å². The van der Waals surface area contributed by atoms with Crippen LogP contribution in [0.5, 0.6) is 0 Å². The lowest BCUT2D eigenvalue weighted by Crippen LogP contribution is -2.41. The first-order chi connectivity index (χ1) is 11.1. The molecule has 0 bridgehead atoms. The van der Waals surface area contributed by atoms with Crippen LogP contribution in [-0.2, 0) is 13.5 Å². The summed E-state index contributed by atoms with van der Waals surface area (Å²) < 4.78 is 1.65. The second-order valence-corrected chi connectivity index (χ2v) is 6.03. The molecule has 0 atom stereocenters. The van der Waals surface area contributed by atoms with Crippen LogP contribution in [0, 0.1) is 12.8 Å². The van der Waals surface area contributed by atoms with Gasteiger partial charge in [-0.05, 0) is 43.7 Å². The van der Waals surface area contributed by atoms with Gasteiger partial charge in [0.1, 0.15) is 5.82 Å². The third-order valence-electron chi connectivity index (χ3n) is 4.35. The molecule has 2 aromatic rings. The van der Waals surface area contributed by atoms with Crippen LogP contribution >= 0.6 is 0 Å². The Kier molecular flexibility index (Phi) is 4.55. The number of amides is 2. The van der Waals surface area contributed by atoms with Crippen molar-refractivity contribution in [3.63, 3.8) is 0 Å². The van der Waals surface area contributed by atoms with Crippen LogP contribution in [-0.4, -0.2) is 43.8 Å². The average Bonchev–Trinajstić information content (AvgIpc) is 2.87. The van der Waals surface area contributed by atoms with Gasteiger partial charge in [0, 0.05) is 32.5 Å². The van der Waals surface area contributed by atoms with E-state index in [0.29, 0.717) is 11.9 Å². The third kappa shape index (κ3) is 3.85. The Balaban J connectivity index is 1.49. The molecule has 23 heavy (non-hydrogen) atoms. The quantitative estimate of drug-likeness (QED) is 0.940. The standard InChI is InChI=1S/C16H22N6O/c1-12-18-15(20-21(12)2)19-16(23)22-8-5-13(6-9-22)10-14-4-3-7-17-11-14/h3-4,7,11,13H,5-6,8-10H2,1-2H3,(H,19,20,23). The summed E-state index contributed by atoms with van der Waals surface area (Å²) in [7, 11) is 1.81. The fraction of sp³-hybridized carbons (Fsp3) is 0.500. The Bertz CT molecular complexity index is 641. The lowest BCUT2D eigenvalue weighted by molar-refractivity contribution is 0.182. The van der Waals surface area contributed by atoms with E-state index in [4.69, 9.17) is 0 Å². The number of piperidine rings is 1. The second kappa shape index (κ2) is 6.76. The number of nitrogens with one attached hydrogen (secondary N) is 1. The zero-order valence-corrected chi connectivity index (χ0v) is 13.6. The molecular formula is C16H22N6O. The molecule has 122 valence electrons. The Morgan fingerprint density at radius 3 is 2.78 bits per heavy atom. The number of carbonyl (C=O) groups is 1. The van der Waals surface area contributed by atoms with Crippen molar-refractivity contribution in [1.29, 1.82) is 0 Å². The predicted octanol–water partition coefficient (Wildman–Crippen LogP) is 2.01. The summed E-state index contributed by atoms with van der Waals surface area (Å²) in [5, 5.41) is 6.93. The van der Waals surface area contributed by atoms with Crippen LogP contribution in [0.4, 0.5) is 10.7 Å². The van der Waals surface area contributed by atoms with Gasteiger partial charge in [-0.2, -0.15) is 4.98 Å². The number of anilines is 1. The summed E-state index contributed by atoms with van der Waals surface area (Å²) in [6.45, 7) is 3.39. The fourth-order valence-corrected chi connectivity index (χ4v) is 2.88. The maximum absolute atomic E-state index is 12.3. The van der Waals surface area contributed by atoms with E-state index < -0.39 is 0 Å². The summed E-state index contributed by atoms with van der Waals surface area (Å²) in [6.07, 6.45) is 6.77. The second-order valence-electron chi connectivity index (χ2n) is 6.03. The van der Waals surface area contributed by atoms with Crippen LogP contribution in [0.15, 0.2) is 24.5 Å². The van der Waals surface area contributed by atoms with E-state index in [1.165, 1.54) is 5.56 Å². The number of rotatable bonds is 3. The summed E-state index contributed by atoms with van der Waals surface area (Å²) in [6, 6.07) is 3.97. The van der Waals surface area contributed by atoms with E-state index in [-0.39, 0.29) is 6.03 Å². The maximum atomic E-state index is 12.3. The molecule has 2 aromatic heterocycles. The van der Waals surface area contributed by atoms with Crippen LogP contribution < -0.4 is 5.32 Å². The third-order valence-corrected chi connectivity index (χ3v) is 4.35. The molecule has 7 nitrogen and oxygen atoms in total. The van der Waals surface area contributed by atoms with Crippen molar-refractivity contribution in [2.24, 2.45) is 13.0 Å². The van der Waals surface area contributed by atoms with Crippen LogP contribution in [0.2, 0.25) is 0 Å². The molecule has 1 fully saturated rings. The molecule has 3 heterocycles. The minimum absolute atomic E-state index is 0.115. The van der Waals surface area contributed by atoms with Crippen molar-refractivity contribution in [2.75, 3.05) is 18.4 Å². The van der Waals surface area contributed by atoms with Crippen molar-refractivity contribution in [2.45, 2.75) is 26.2 Å². The fourth-order valence-electron chi connectivity index (χ4n) is 2.88. The number of urea groups is 1. The van der Waals surface area contributed by atoms with Crippen molar-refractivity contribution < 1.29 is 4.79 Å². The van der Waals surface area contributed by atoms with Gasteiger partial charge in [-0.3, -0.25) is 15.0 Å². The number of nitrogens with zero attached hydrogens (tertiary/aromatic N) is 5. The minimum atomic E-state index is -0.115. The van der Waals surface area contributed by atoms with Crippen molar-refractivity contribution in [3.8, 4) is 0 Å². The number of hydrogen-bond acceptors (Lipinski definition) is 4. The molecule has 0 aliphatic carbocycles. The molecule has 0 radical (unpaired) electrons. The largest absolute Gasteiger partial charge is 0.324 e. The number of aromatic nitrogens is 4. The average molecular weight is 314 g/mol. The number of hydrogen-bond donors (Lipinski definition) is 1. The molecule has 1 saturated heterocycles. The first-order valence-electron chi connectivity index (χ1n) is 7.94. The Labute approximate surface area is 135 Å². The topological polar surface area (TPSA) is 75.9 Å². The van der Waals surface area contributed by atoms with Crippen LogP contribution in [0.1, 0.15) is 24.2 Å². The number of carbonyl (C=O) groups excluding carboxylic acids is 1. The molecular weight excluding hydrogens is 292 g/mol. The van der Waals surface area contributed by atoms with E-state index in [1.807, 2.05) is 31.1 Å². The minimum Gasteiger partial charge on any atom is -0.324 e. The molecule has 3 rings (SSSR count). The van der Waals surface area contributed by atoms with E-state index in [2.05, 4.69) is 26.4 Å². The molecule has 7 heteroatoms. The van der Waals surface area contributed by atoms with Gasteiger partial charge < -0.3 is 4.90 Å². The SMILES string of the molecule is Cc1nc(NC(=O)N2CCC(Cc3cccnc3)CC2)nn1C. The Morgan fingerprint density at radius 1 is 1.39 bits per heavy atom. The highest BCUT2D eigenvalue weighted by Gasteiger charge is 2.23. The van der Waals surface area contributed by atoms with Crippen molar-refractivity contribution in [1.82, 2.24) is 24.6 Å². The molecule has 0 aromatic carbocycles. The molecule has 0 unspecified atom stereocenters. The summed E-state index contributed by atoms with van der Waals surface area (Å²) in [5.41, 5.74) is 1.27. The Hall–Kier alpha value is -2.44. The number of aryl methyl sites for hydroxylation is 2. The smallest absolute Gasteiger partial charge is 0.324 e. The summed E-state index contributed by atoms with van der Waals surface area (Å²) >= 11 is 0. The summed E-state index contributed by atoms with van der Waals surface area (Å²) in [5.74, 6) is 1.75. The molecule has 0 spiro atoms. The molecule has 1 N–H and O–H groups in total. The van der Waals surface area contributed by atoms with E-state index in [1.54, 1.807) is 10.9 Å². The highest BCUT2D eigenvalue weighted by Crippen LogP contribution is 2.21. The van der Waals surface area contributed by atoms with Gasteiger partial charge in [0.15, 0.2) is 0 Å². The predicted molar refractivity (Wildman–Crippen MR) is 87.0 cm³/mol. The molecule has 2 amide bonds. The van der Waals surface area contributed by atoms with Gasteiger partial charge in [-0.15, -0.1) is 5.10 Å². The van der Waals surface area contributed by atoms with Gasteiger partial charge in [0.2, 0.25) is 5.95 Å². The summed E-state index contributed by atoms with van der Waals surface area (Å²) in [4.78, 5) is 22.5. The van der Waals surface area contributed by atoms with E-state index in [9.17, 15) is 4.79 Å². The van der Waals surface area contributed by atoms with Crippen molar-refractivity contribution >= 4 is 12.0 Å². The van der Waals surface area contributed by atoms with Gasteiger partial charge >= 0.3 is 6.03 Å². The first kappa shape index (κ1) is 15.5. The monoisotopic (exact) mass is 314 g/mol. The molecule has 1 aliphatic rings. The van der Waals surface area contributed by atoms with E-state index >= 15 is 0 Å². The van der Waals surface area contributed by atoms with Gasteiger partial charge in [-0.25, -0.2) is 4.79 Å². The highest BCUT2D eigenvalue weighted by molar-refractivity contribution is 5.87. The zero-order chi connectivity index (χ0) is 16.2. The van der Waals surface area contributed by atoms with Crippen LogP contribution in [0.3, 0.4) is 0 Å². The van der Waals surface area contributed by atoms with Crippen molar-refractivity contribution in [3.05, 3.63) is 35.9 Å². The van der Waals surface area contributed by atoms with E-state index in [0.717, 1.165) is 38.2 Å². The highest BCUT2D eigenvalue weighted by atomic mass is 16.2. The van der Waals surface area contributed by atoms with Crippen LogP contribution in [0.25, 0.3) is 0 Å². The normalized spacial score (nSPS) is 15.7. The lowest BCUT2D eigenvalue weighted by atomic mass is 9.91. The number of pyridine rings is 1. The van der Waals surface area contributed by atoms with Gasteiger partial charge in [0.25, 0.3) is 0 Å². The van der Waals surface area contributed by atoms with Gasteiger partial charge in [-0.1, -0.05) is 6.07 Å². The zero-order valence-electron chi connectivity index (χ0n) is 13.6.